The highest BCUT2D eigenvalue weighted by Gasteiger charge is 2.14. The minimum atomic E-state index is -0.513. The van der Waals surface area contributed by atoms with E-state index in [-0.39, 0.29) is 0 Å². The second kappa shape index (κ2) is 5.70. The summed E-state index contributed by atoms with van der Waals surface area (Å²) in [4.78, 5) is 8.08. The minimum Gasteiger partial charge on any atom is -0.385 e. The average Bonchev–Trinajstić information content (AvgIpc) is 2.26. The minimum absolute atomic E-state index is 0.513. The van der Waals surface area contributed by atoms with Gasteiger partial charge in [-0.05, 0) is 18.4 Å². The van der Waals surface area contributed by atoms with Crippen molar-refractivity contribution < 1.29 is 5.11 Å². The quantitative estimate of drug-likeness (QED) is 0.782. The Bertz CT molecular complexity index is 247. The number of aliphatic hydroxyl groups is 1. The first kappa shape index (κ1) is 11.1. The van der Waals surface area contributed by atoms with Gasteiger partial charge in [-0.3, -0.25) is 0 Å². The van der Waals surface area contributed by atoms with Crippen LogP contribution < -0.4 is 0 Å². The maximum atomic E-state index is 9.83. The molecule has 0 aromatic carbocycles. The summed E-state index contributed by atoms with van der Waals surface area (Å²) in [5, 5.41) is 9.83. The van der Waals surface area contributed by atoms with Crippen molar-refractivity contribution in [2.24, 2.45) is 5.92 Å². The third-order valence-electron chi connectivity index (χ3n) is 2.60. The number of hydrogen-bond donors (Lipinski definition) is 1. The maximum Gasteiger partial charge on any atom is 0.156 e. The van der Waals surface area contributed by atoms with Crippen molar-refractivity contribution >= 4 is 0 Å². The highest BCUT2D eigenvalue weighted by atomic mass is 16.3. The van der Waals surface area contributed by atoms with Gasteiger partial charge in [-0.15, -0.1) is 0 Å². The Morgan fingerprint density at radius 2 is 1.79 bits per heavy atom. The second-order valence-electron chi connectivity index (χ2n) is 3.54. The molecule has 1 aromatic rings. The first-order valence-electron chi connectivity index (χ1n) is 5.22. The van der Waals surface area contributed by atoms with Gasteiger partial charge in [0.1, 0.15) is 6.10 Å². The maximum absolute atomic E-state index is 9.83. The third-order valence-corrected chi connectivity index (χ3v) is 2.60. The summed E-state index contributed by atoms with van der Waals surface area (Å²) in [5.74, 6) is 1.10. The molecule has 1 unspecified atom stereocenters. The largest absolute Gasteiger partial charge is 0.385 e. The van der Waals surface area contributed by atoms with Crippen molar-refractivity contribution in [1.29, 1.82) is 0 Å². The van der Waals surface area contributed by atoms with Crippen molar-refractivity contribution in [3.63, 3.8) is 0 Å². The fourth-order valence-electron chi connectivity index (χ4n) is 1.53. The molecule has 0 saturated carbocycles. The molecule has 0 bridgehead atoms. The molecule has 14 heavy (non-hydrogen) atoms. The summed E-state index contributed by atoms with van der Waals surface area (Å²) in [6, 6.07) is 1.76. The molecule has 1 heterocycles. The molecule has 1 N–H and O–H groups in total. The van der Waals surface area contributed by atoms with Gasteiger partial charge in [-0.25, -0.2) is 9.97 Å². The SMILES string of the molecule is CCC(CC)CC(O)c1ncccn1. The Morgan fingerprint density at radius 3 is 2.29 bits per heavy atom. The van der Waals surface area contributed by atoms with E-state index < -0.39 is 6.10 Å². The Hall–Kier alpha value is -0.960. The Kier molecular flexibility index (Phi) is 4.53. The molecule has 1 aromatic heterocycles. The van der Waals surface area contributed by atoms with Crippen molar-refractivity contribution in [3.8, 4) is 0 Å². The number of rotatable bonds is 5. The highest BCUT2D eigenvalue weighted by Crippen LogP contribution is 2.22. The van der Waals surface area contributed by atoms with E-state index in [9.17, 15) is 5.11 Å². The van der Waals surface area contributed by atoms with Crippen LogP contribution in [0.15, 0.2) is 18.5 Å². The van der Waals surface area contributed by atoms with Crippen molar-refractivity contribution in [1.82, 2.24) is 9.97 Å². The standard InChI is InChI=1S/C11H18N2O/c1-3-9(4-2)8-10(14)11-12-6-5-7-13-11/h5-7,9-10,14H,3-4,8H2,1-2H3. The summed E-state index contributed by atoms with van der Waals surface area (Å²) in [5.41, 5.74) is 0. The van der Waals surface area contributed by atoms with Gasteiger partial charge in [-0.2, -0.15) is 0 Å². The van der Waals surface area contributed by atoms with Crippen molar-refractivity contribution in [3.05, 3.63) is 24.3 Å². The van der Waals surface area contributed by atoms with Crippen LogP contribution in [-0.4, -0.2) is 15.1 Å². The van der Waals surface area contributed by atoms with Crippen LogP contribution in [0.4, 0.5) is 0 Å². The molecule has 0 aliphatic rings. The molecule has 1 rings (SSSR count). The predicted octanol–water partition coefficient (Wildman–Crippen LogP) is 2.34. The lowest BCUT2D eigenvalue weighted by molar-refractivity contribution is 0.132. The van der Waals surface area contributed by atoms with Crippen LogP contribution in [0, 0.1) is 5.92 Å². The van der Waals surface area contributed by atoms with E-state index in [1.165, 1.54) is 0 Å². The normalized spacial score (nSPS) is 13.1. The Labute approximate surface area is 85.2 Å². The van der Waals surface area contributed by atoms with Crippen molar-refractivity contribution in [2.75, 3.05) is 0 Å². The number of nitrogens with zero attached hydrogens (tertiary/aromatic N) is 2. The molecule has 0 saturated heterocycles. The van der Waals surface area contributed by atoms with E-state index in [0.29, 0.717) is 11.7 Å². The van der Waals surface area contributed by atoms with E-state index in [1.54, 1.807) is 18.5 Å². The average molecular weight is 194 g/mol. The first-order valence-corrected chi connectivity index (χ1v) is 5.22. The van der Waals surface area contributed by atoms with E-state index in [4.69, 9.17) is 0 Å². The molecule has 0 amide bonds. The third kappa shape index (κ3) is 3.07. The zero-order valence-electron chi connectivity index (χ0n) is 8.85. The highest BCUT2D eigenvalue weighted by molar-refractivity contribution is 4.92. The van der Waals surface area contributed by atoms with Crippen LogP contribution in [0.25, 0.3) is 0 Å². The molecule has 0 spiro atoms. The Balaban J connectivity index is 2.54. The van der Waals surface area contributed by atoms with Gasteiger partial charge in [0.2, 0.25) is 0 Å². The molecule has 3 nitrogen and oxygen atoms in total. The summed E-state index contributed by atoms with van der Waals surface area (Å²) in [6.07, 6.45) is 5.77. The molecule has 3 heteroatoms. The van der Waals surface area contributed by atoms with Crippen LogP contribution >= 0.6 is 0 Å². The topological polar surface area (TPSA) is 46.0 Å². The first-order chi connectivity index (χ1) is 6.77. The Morgan fingerprint density at radius 1 is 1.21 bits per heavy atom. The van der Waals surface area contributed by atoms with Gasteiger partial charge in [0.25, 0.3) is 0 Å². The van der Waals surface area contributed by atoms with Crippen LogP contribution in [0.3, 0.4) is 0 Å². The summed E-state index contributed by atoms with van der Waals surface area (Å²) in [7, 11) is 0. The molecule has 0 aliphatic heterocycles. The van der Waals surface area contributed by atoms with E-state index >= 15 is 0 Å². The summed E-state index contributed by atoms with van der Waals surface area (Å²) in [6.45, 7) is 4.29. The number of hydrogen-bond acceptors (Lipinski definition) is 3. The van der Waals surface area contributed by atoms with Gasteiger partial charge in [0, 0.05) is 12.4 Å². The molecule has 78 valence electrons. The fourth-order valence-corrected chi connectivity index (χ4v) is 1.53. The predicted molar refractivity (Wildman–Crippen MR) is 55.7 cm³/mol. The van der Waals surface area contributed by atoms with Crippen molar-refractivity contribution in [2.45, 2.75) is 39.2 Å². The molecule has 0 aliphatic carbocycles. The van der Waals surface area contributed by atoms with E-state index in [2.05, 4.69) is 23.8 Å². The fraction of sp³-hybridized carbons (Fsp3) is 0.636. The molecular formula is C11H18N2O. The molecular weight excluding hydrogens is 176 g/mol. The lowest BCUT2D eigenvalue weighted by Crippen LogP contribution is -2.08. The second-order valence-corrected chi connectivity index (χ2v) is 3.54. The number of aromatic nitrogens is 2. The lowest BCUT2D eigenvalue weighted by atomic mass is 9.96. The molecule has 0 fully saturated rings. The van der Waals surface area contributed by atoms with Gasteiger partial charge in [0.15, 0.2) is 5.82 Å². The van der Waals surface area contributed by atoms with E-state index in [0.717, 1.165) is 19.3 Å². The van der Waals surface area contributed by atoms with Crippen LogP contribution in [0.1, 0.15) is 45.0 Å². The lowest BCUT2D eigenvalue weighted by Gasteiger charge is -2.15. The van der Waals surface area contributed by atoms with Gasteiger partial charge in [0.05, 0.1) is 0 Å². The smallest absolute Gasteiger partial charge is 0.156 e. The van der Waals surface area contributed by atoms with Crippen LogP contribution in [-0.2, 0) is 0 Å². The van der Waals surface area contributed by atoms with Gasteiger partial charge in [-0.1, -0.05) is 26.7 Å². The molecule has 0 radical (unpaired) electrons. The van der Waals surface area contributed by atoms with Gasteiger partial charge >= 0.3 is 0 Å². The summed E-state index contributed by atoms with van der Waals surface area (Å²) >= 11 is 0. The van der Waals surface area contributed by atoms with Crippen LogP contribution in [0.2, 0.25) is 0 Å². The molecule has 1 atom stereocenters. The van der Waals surface area contributed by atoms with Gasteiger partial charge < -0.3 is 5.11 Å². The van der Waals surface area contributed by atoms with Crippen LogP contribution in [0.5, 0.6) is 0 Å². The zero-order chi connectivity index (χ0) is 10.4. The zero-order valence-corrected chi connectivity index (χ0v) is 8.85. The monoisotopic (exact) mass is 194 g/mol. The summed E-state index contributed by atoms with van der Waals surface area (Å²) < 4.78 is 0. The van der Waals surface area contributed by atoms with E-state index in [1.807, 2.05) is 0 Å². The number of aliphatic hydroxyl groups excluding tert-OH is 1.